The van der Waals surface area contributed by atoms with Gasteiger partial charge in [0, 0.05) is 6.54 Å². The van der Waals surface area contributed by atoms with E-state index in [0.29, 0.717) is 17.0 Å². The van der Waals surface area contributed by atoms with Crippen LogP contribution in [0.3, 0.4) is 0 Å². The van der Waals surface area contributed by atoms with Crippen molar-refractivity contribution in [3.05, 3.63) is 57.8 Å². The normalized spacial score (nSPS) is 11.3. The monoisotopic (exact) mass is 324 g/mol. The van der Waals surface area contributed by atoms with E-state index in [9.17, 15) is 13.2 Å². The smallest absolute Gasteiger partial charge is 0.261 e. The van der Waals surface area contributed by atoms with Crippen LogP contribution in [0.15, 0.2) is 41.8 Å². The van der Waals surface area contributed by atoms with E-state index in [0.717, 1.165) is 5.56 Å². The second-order valence-corrected chi connectivity index (χ2v) is 7.31. The predicted octanol–water partition coefficient (Wildman–Crippen LogP) is 1.73. The van der Waals surface area contributed by atoms with Crippen molar-refractivity contribution in [2.24, 2.45) is 0 Å². The standard InChI is InChI=1S/C14H16N2O3S2/c1-15-21(18,19)10-12-6-4-11(5-7-12)9-16-14(17)13-3-2-8-20-13/h2-8,15H,9-10H2,1H3,(H,16,17). The fourth-order valence-electron chi connectivity index (χ4n) is 1.72. The minimum Gasteiger partial charge on any atom is -0.347 e. The zero-order valence-corrected chi connectivity index (χ0v) is 13.1. The number of benzene rings is 1. The number of amides is 1. The number of hydrogen-bond donors (Lipinski definition) is 2. The Labute approximate surface area is 128 Å². The molecular weight excluding hydrogens is 308 g/mol. The van der Waals surface area contributed by atoms with Crippen LogP contribution in [0.5, 0.6) is 0 Å². The first-order valence-electron chi connectivity index (χ1n) is 6.31. The number of carbonyl (C=O) groups excluding carboxylic acids is 1. The van der Waals surface area contributed by atoms with Gasteiger partial charge in [-0.05, 0) is 29.6 Å². The third-order valence-corrected chi connectivity index (χ3v) is 5.09. The highest BCUT2D eigenvalue weighted by Crippen LogP contribution is 2.10. The van der Waals surface area contributed by atoms with Crippen LogP contribution in [-0.4, -0.2) is 21.4 Å². The van der Waals surface area contributed by atoms with Gasteiger partial charge in [-0.1, -0.05) is 30.3 Å². The highest BCUT2D eigenvalue weighted by atomic mass is 32.2. The maximum atomic E-state index is 11.8. The molecule has 1 amide bonds. The molecule has 2 N–H and O–H groups in total. The molecule has 0 saturated heterocycles. The van der Waals surface area contributed by atoms with E-state index >= 15 is 0 Å². The maximum Gasteiger partial charge on any atom is 0.261 e. The molecule has 2 rings (SSSR count). The minimum atomic E-state index is -3.26. The zero-order valence-electron chi connectivity index (χ0n) is 11.5. The van der Waals surface area contributed by atoms with Crippen LogP contribution in [-0.2, 0) is 22.3 Å². The van der Waals surface area contributed by atoms with Crippen molar-refractivity contribution >= 4 is 27.3 Å². The number of nitrogens with one attached hydrogen (secondary N) is 2. The van der Waals surface area contributed by atoms with Crippen molar-refractivity contribution in [3.63, 3.8) is 0 Å². The van der Waals surface area contributed by atoms with E-state index in [2.05, 4.69) is 10.0 Å². The first-order valence-corrected chi connectivity index (χ1v) is 8.84. The largest absolute Gasteiger partial charge is 0.347 e. The van der Waals surface area contributed by atoms with Crippen molar-refractivity contribution < 1.29 is 13.2 Å². The number of sulfonamides is 1. The first-order chi connectivity index (χ1) is 10.00. The van der Waals surface area contributed by atoms with Gasteiger partial charge in [0.25, 0.3) is 5.91 Å². The lowest BCUT2D eigenvalue weighted by atomic mass is 10.1. The van der Waals surface area contributed by atoms with Crippen LogP contribution in [0.25, 0.3) is 0 Å². The van der Waals surface area contributed by atoms with Crippen LogP contribution in [0, 0.1) is 0 Å². The summed E-state index contributed by atoms with van der Waals surface area (Å²) >= 11 is 1.39. The summed E-state index contributed by atoms with van der Waals surface area (Å²) in [6.07, 6.45) is 0. The van der Waals surface area contributed by atoms with E-state index in [-0.39, 0.29) is 11.7 Å². The van der Waals surface area contributed by atoms with Crippen molar-refractivity contribution in [2.45, 2.75) is 12.3 Å². The molecule has 0 fully saturated rings. The molecule has 0 aliphatic heterocycles. The van der Waals surface area contributed by atoms with Crippen molar-refractivity contribution in [3.8, 4) is 0 Å². The van der Waals surface area contributed by atoms with Crippen LogP contribution in [0.1, 0.15) is 20.8 Å². The van der Waals surface area contributed by atoms with Gasteiger partial charge in [-0.2, -0.15) is 0 Å². The summed E-state index contributed by atoms with van der Waals surface area (Å²) < 4.78 is 25.1. The second kappa shape index (κ2) is 6.84. The van der Waals surface area contributed by atoms with Crippen LogP contribution >= 0.6 is 11.3 Å². The van der Waals surface area contributed by atoms with Gasteiger partial charge in [-0.3, -0.25) is 4.79 Å². The Kier molecular flexibility index (Phi) is 5.11. The van der Waals surface area contributed by atoms with Gasteiger partial charge in [0.15, 0.2) is 0 Å². The van der Waals surface area contributed by atoms with Gasteiger partial charge in [0.05, 0.1) is 10.6 Å². The summed E-state index contributed by atoms with van der Waals surface area (Å²) in [6, 6.07) is 10.7. The van der Waals surface area contributed by atoms with Gasteiger partial charge < -0.3 is 5.32 Å². The van der Waals surface area contributed by atoms with Crippen molar-refractivity contribution in [1.82, 2.24) is 10.0 Å². The Morgan fingerprint density at radius 1 is 1.14 bits per heavy atom. The van der Waals surface area contributed by atoms with E-state index < -0.39 is 10.0 Å². The lowest BCUT2D eigenvalue weighted by molar-refractivity contribution is 0.0955. The van der Waals surface area contributed by atoms with Gasteiger partial charge in [0.1, 0.15) is 0 Å². The molecule has 0 atom stereocenters. The fraction of sp³-hybridized carbons (Fsp3) is 0.214. The van der Waals surface area contributed by atoms with Crippen molar-refractivity contribution in [2.75, 3.05) is 7.05 Å². The molecular formula is C14H16N2O3S2. The third kappa shape index (κ3) is 4.66. The van der Waals surface area contributed by atoms with E-state index in [1.807, 2.05) is 23.6 Å². The summed E-state index contributed by atoms with van der Waals surface area (Å²) in [5.74, 6) is -0.155. The van der Waals surface area contributed by atoms with Gasteiger partial charge in [-0.25, -0.2) is 13.1 Å². The van der Waals surface area contributed by atoms with E-state index in [1.54, 1.807) is 18.2 Å². The highest BCUT2D eigenvalue weighted by molar-refractivity contribution is 7.88. The van der Waals surface area contributed by atoms with Crippen molar-refractivity contribution in [1.29, 1.82) is 0 Å². The van der Waals surface area contributed by atoms with Crippen LogP contribution in [0.4, 0.5) is 0 Å². The molecule has 0 bridgehead atoms. The average Bonchev–Trinajstić information content (AvgIpc) is 3.00. The Hall–Kier alpha value is -1.70. The summed E-state index contributed by atoms with van der Waals surface area (Å²) in [5, 5.41) is 4.67. The molecule has 2 aromatic rings. The van der Waals surface area contributed by atoms with Crippen LogP contribution < -0.4 is 10.0 Å². The second-order valence-electron chi connectivity index (χ2n) is 4.44. The Morgan fingerprint density at radius 2 is 1.81 bits per heavy atom. The average molecular weight is 324 g/mol. The number of thiophene rings is 1. The molecule has 5 nitrogen and oxygen atoms in total. The lowest BCUT2D eigenvalue weighted by Crippen LogP contribution is -2.22. The third-order valence-electron chi connectivity index (χ3n) is 2.89. The first kappa shape index (κ1) is 15.7. The fourth-order valence-corrected chi connectivity index (χ4v) is 3.14. The Bertz CT molecular complexity index is 692. The van der Waals surface area contributed by atoms with E-state index in [4.69, 9.17) is 0 Å². The molecule has 7 heteroatoms. The summed E-state index contributed by atoms with van der Waals surface area (Å²) in [4.78, 5) is 12.5. The molecule has 0 radical (unpaired) electrons. The topological polar surface area (TPSA) is 75.3 Å². The highest BCUT2D eigenvalue weighted by Gasteiger charge is 2.09. The number of rotatable bonds is 6. The quantitative estimate of drug-likeness (QED) is 0.850. The maximum absolute atomic E-state index is 11.8. The Morgan fingerprint density at radius 3 is 2.38 bits per heavy atom. The molecule has 0 saturated carbocycles. The zero-order chi connectivity index (χ0) is 15.3. The minimum absolute atomic E-state index is 0.0503. The molecule has 21 heavy (non-hydrogen) atoms. The summed E-state index contributed by atoms with van der Waals surface area (Å²) in [5.41, 5.74) is 1.63. The van der Waals surface area contributed by atoms with Gasteiger partial charge in [-0.15, -0.1) is 11.3 Å². The SMILES string of the molecule is CNS(=O)(=O)Cc1ccc(CNC(=O)c2cccs2)cc1. The molecule has 0 spiro atoms. The van der Waals surface area contributed by atoms with Gasteiger partial charge >= 0.3 is 0 Å². The number of carbonyl (C=O) groups is 1. The lowest BCUT2D eigenvalue weighted by Gasteiger charge is -2.06. The molecule has 1 heterocycles. The molecule has 112 valence electrons. The van der Waals surface area contributed by atoms with Crippen LogP contribution in [0.2, 0.25) is 0 Å². The molecule has 1 aromatic heterocycles. The number of hydrogen-bond acceptors (Lipinski definition) is 4. The Balaban J connectivity index is 1.92. The molecule has 0 aliphatic carbocycles. The summed E-state index contributed by atoms with van der Waals surface area (Å²) in [7, 11) is -1.87. The molecule has 1 aromatic carbocycles. The molecule has 0 unspecified atom stereocenters. The van der Waals surface area contributed by atoms with Gasteiger partial charge in [0.2, 0.25) is 10.0 Å². The predicted molar refractivity (Wildman–Crippen MR) is 83.6 cm³/mol. The summed E-state index contributed by atoms with van der Waals surface area (Å²) in [6.45, 7) is 0.412. The molecule has 0 aliphatic rings. The van der Waals surface area contributed by atoms with E-state index in [1.165, 1.54) is 18.4 Å².